The first-order valence-corrected chi connectivity index (χ1v) is 5.64. The monoisotopic (exact) mass is 244 g/mol. The number of aryl methyl sites for hydroxylation is 1. The number of Topliss-reactive ketones (excluding diaryl/α,β-unsaturated/α-hetero) is 1. The van der Waals surface area contributed by atoms with Crippen molar-refractivity contribution >= 4 is 5.78 Å². The van der Waals surface area contributed by atoms with Gasteiger partial charge in [-0.25, -0.2) is 4.39 Å². The van der Waals surface area contributed by atoms with Crippen LogP contribution in [-0.4, -0.2) is 12.4 Å². The van der Waals surface area contributed by atoms with Gasteiger partial charge in [0.05, 0.1) is 0 Å². The highest BCUT2D eigenvalue weighted by atomic mass is 19.1. The number of ether oxygens (including phenoxy) is 1. The molecule has 0 aromatic heterocycles. The standard InChI is InChI=1S/C15H13FO2/c1-11-9-13(16)7-8-15(11)18-10-14(17)12-5-3-2-4-6-12/h2-9H,10H2,1H3. The summed E-state index contributed by atoms with van der Waals surface area (Å²) in [6.45, 7) is 1.70. The van der Waals surface area contributed by atoms with Gasteiger partial charge in [-0.3, -0.25) is 4.79 Å². The molecule has 2 aromatic rings. The average molecular weight is 244 g/mol. The van der Waals surface area contributed by atoms with Crippen LogP contribution in [0.15, 0.2) is 48.5 Å². The molecule has 0 unspecified atom stereocenters. The van der Waals surface area contributed by atoms with E-state index in [9.17, 15) is 9.18 Å². The van der Waals surface area contributed by atoms with Gasteiger partial charge in [-0.2, -0.15) is 0 Å². The van der Waals surface area contributed by atoms with E-state index in [4.69, 9.17) is 4.74 Å². The molecule has 92 valence electrons. The molecule has 18 heavy (non-hydrogen) atoms. The van der Waals surface area contributed by atoms with Gasteiger partial charge in [0.15, 0.2) is 12.4 Å². The van der Waals surface area contributed by atoms with E-state index >= 15 is 0 Å². The van der Waals surface area contributed by atoms with Gasteiger partial charge in [0.1, 0.15) is 11.6 Å². The second kappa shape index (κ2) is 5.45. The largest absolute Gasteiger partial charge is 0.485 e. The third-order valence-corrected chi connectivity index (χ3v) is 2.59. The van der Waals surface area contributed by atoms with Crippen molar-refractivity contribution in [2.45, 2.75) is 6.92 Å². The van der Waals surface area contributed by atoms with E-state index in [1.807, 2.05) is 6.07 Å². The molecule has 2 rings (SSSR count). The SMILES string of the molecule is Cc1cc(F)ccc1OCC(=O)c1ccccc1. The Balaban J connectivity index is 2.02. The smallest absolute Gasteiger partial charge is 0.200 e. The van der Waals surface area contributed by atoms with Crippen molar-refractivity contribution in [3.05, 3.63) is 65.5 Å². The lowest BCUT2D eigenvalue weighted by molar-refractivity contribution is 0.0921. The minimum absolute atomic E-state index is 0.0452. The Kier molecular flexibility index (Phi) is 3.72. The maximum Gasteiger partial charge on any atom is 0.200 e. The van der Waals surface area contributed by atoms with E-state index in [2.05, 4.69) is 0 Å². The summed E-state index contributed by atoms with van der Waals surface area (Å²) in [7, 11) is 0. The molecule has 0 atom stereocenters. The van der Waals surface area contributed by atoms with Crippen LogP contribution >= 0.6 is 0 Å². The Morgan fingerprint density at radius 2 is 1.89 bits per heavy atom. The molecule has 0 fully saturated rings. The van der Waals surface area contributed by atoms with Crippen molar-refractivity contribution < 1.29 is 13.9 Å². The van der Waals surface area contributed by atoms with E-state index in [1.54, 1.807) is 31.2 Å². The van der Waals surface area contributed by atoms with Crippen molar-refractivity contribution in [1.29, 1.82) is 0 Å². The fourth-order valence-corrected chi connectivity index (χ4v) is 1.63. The summed E-state index contributed by atoms with van der Waals surface area (Å²) >= 11 is 0. The molecule has 0 aliphatic rings. The third-order valence-electron chi connectivity index (χ3n) is 2.59. The molecule has 0 aliphatic heterocycles. The molecule has 0 radical (unpaired) electrons. The lowest BCUT2D eigenvalue weighted by atomic mass is 10.1. The van der Waals surface area contributed by atoms with Crippen LogP contribution in [0, 0.1) is 12.7 Å². The van der Waals surface area contributed by atoms with Gasteiger partial charge in [0.2, 0.25) is 0 Å². The summed E-state index contributed by atoms with van der Waals surface area (Å²) in [5.74, 6) is 0.120. The summed E-state index contributed by atoms with van der Waals surface area (Å²) in [5.41, 5.74) is 1.29. The molecule has 0 spiro atoms. The van der Waals surface area contributed by atoms with Gasteiger partial charge in [0.25, 0.3) is 0 Å². The second-order valence-corrected chi connectivity index (χ2v) is 3.99. The first-order chi connectivity index (χ1) is 8.66. The Bertz CT molecular complexity index is 550. The van der Waals surface area contributed by atoms with Gasteiger partial charge in [-0.15, -0.1) is 0 Å². The Morgan fingerprint density at radius 3 is 2.56 bits per heavy atom. The van der Waals surface area contributed by atoms with Crippen LogP contribution in [0.5, 0.6) is 5.75 Å². The second-order valence-electron chi connectivity index (χ2n) is 3.99. The number of rotatable bonds is 4. The van der Waals surface area contributed by atoms with Crippen molar-refractivity contribution in [2.75, 3.05) is 6.61 Å². The number of halogens is 1. The molecular formula is C15H13FO2. The molecule has 0 saturated heterocycles. The normalized spacial score (nSPS) is 10.1. The average Bonchev–Trinajstić information content (AvgIpc) is 2.38. The lowest BCUT2D eigenvalue weighted by Gasteiger charge is -2.08. The van der Waals surface area contributed by atoms with E-state index in [0.717, 1.165) is 0 Å². The van der Waals surface area contributed by atoms with Crippen LogP contribution in [0.25, 0.3) is 0 Å². The summed E-state index contributed by atoms with van der Waals surface area (Å²) in [6.07, 6.45) is 0. The maximum absolute atomic E-state index is 12.9. The molecule has 2 aromatic carbocycles. The number of benzene rings is 2. The molecular weight excluding hydrogens is 231 g/mol. The van der Waals surface area contributed by atoms with Gasteiger partial charge < -0.3 is 4.74 Å². The lowest BCUT2D eigenvalue weighted by Crippen LogP contribution is -2.11. The Labute approximate surface area is 105 Å². The highest BCUT2D eigenvalue weighted by Gasteiger charge is 2.07. The fraction of sp³-hybridized carbons (Fsp3) is 0.133. The molecule has 0 saturated carbocycles. The van der Waals surface area contributed by atoms with Crippen LogP contribution in [0.1, 0.15) is 15.9 Å². The number of carbonyl (C=O) groups excluding carboxylic acids is 1. The quantitative estimate of drug-likeness (QED) is 0.770. The fourth-order valence-electron chi connectivity index (χ4n) is 1.63. The first-order valence-electron chi connectivity index (χ1n) is 5.64. The van der Waals surface area contributed by atoms with E-state index in [-0.39, 0.29) is 18.2 Å². The number of ketones is 1. The highest BCUT2D eigenvalue weighted by Crippen LogP contribution is 2.18. The number of hydrogen-bond donors (Lipinski definition) is 0. The van der Waals surface area contributed by atoms with Crippen LogP contribution < -0.4 is 4.74 Å². The predicted molar refractivity (Wildman–Crippen MR) is 67.4 cm³/mol. The van der Waals surface area contributed by atoms with E-state index in [0.29, 0.717) is 16.9 Å². The molecule has 0 amide bonds. The highest BCUT2D eigenvalue weighted by molar-refractivity contribution is 5.97. The van der Waals surface area contributed by atoms with Crippen LogP contribution in [0.4, 0.5) is 4.39 Å². The molecule has 0 aliphatic carbocycles. The minimum atomic E-state index is -0.311. The summed E-state index contributed by atoms with van der Waals surface area (Å²) in [4.78, 5) is 11.8. The zero-order chi connectivity index (χ0) is 13.0. The van der Waals surface area contributed by atoms with Crippen molar-refractivity contribution in [3.63, 3.8) is 0 Å². The summed E-state index contributed by atoms with van der Waals surface area (Å²) < 4.78 is 18.3. The molecule has 2 nitrogen and oxygen atoms in total. The Morgan fingerprint density at radius 1 is 1.17 bits per heavy atom. The minimum Gasteiger partial charge on any atom is -0.485 e. The number of hydrogen-bond acceptors (Lipinski definition) is 2. The van der Waals surface area contributed by atoms with E-state index in [1.165, 1.54) is 18.2 Å². The van der Waals surface area contributed by atoms with Crippen LogP contribution in [0.3, 0.4) is 0 Å². The van der Waals surface area contributed by atoms with Crippen molar-refractivity contribution in [1.82, 2.24) is 0 Å². The number of carbonyl (C=O) groups is 1. The molecule has 0 bridgehead atoms. The van der Waals surface area contributed by atoms with Crippen molar-refractivity contribution in [2.24, 2.45) is 0 Å². The van der Waals surface area contributed by atoms with Crippen LogP contribution in [0.2, 0.25) is 0 Å². The summed E-state index contributed by atoms with van der Waals surface area (Å²) in [6, 6.07) is 13.2. The van der Waals surface area contributed by atoms with Crippen molar-refractivity contribution in [3.8, 4) is 5.75 Å². The van der Waals surface area contributed by atoms with Gasteiger partial charge in [0, 0.05) is 5.56 Å². The molecule has 0 heterocycles. The van der Waals surface area contributed by atoms with Gasteiger partial charge in [-0.05, 0) is 30.7 Å². The predicted octanol–water partition coefficient (Wildman–Crippen LogP) is 3.40. The molecule has 0 N–H and O–H groups in total. The molecule has 3 heteroatoms. The van der Waals surface area contributed by atoms with Crippen LogP contribution in [-0.2, 0) is 0 Å². The van der Waals surface area contributed by atoms with E-state index < -0.39 is 0 Å². The third kappa shape index (κ3) is 2.94. The Hall–Kier alpha value is -2.16. The maximum atomic E-state index is 12.9. The zero-order valence-corrected chi connectivity index (χ0v) is 10.0. The summed E-state index contributed by atoms with van der Waals surface area (Å²) in [5, 5.41) is 0. The topological polar surface area (TPSA) is 26.3 Å². The van der Waals surface area contributed by atoms with Gasteiger partial charge >= 0.3 is 0 Å². The first kappa shape index (κ1) is 12.3. The van der Waals surface area contributed by atoms with Gasteiger partial charge in [-0.1, -0.05) is 30.3 Å². The zero-order valence-electron chi connectivity index (χ0n) is 10.0.